The van der Waals surface area contributed by atoms with Crippen LogP contribution in [0.3, 0.4) is 0 Å². The summed E-state index contributed by atoms with van der Waals surface area (Å²) in [5.74, 6) is -0.0149. The number of fused-ring (bicyclic) bond motifs is 6. The van der Waals surface area contributed by atoms with Gasteiger partial charge in [-0.15, -0.1) is 9.97 Å². The second-order valence-corrected chi connectivity index (χ2v) is 11.6. The Kier molecular flexibility index (Phi) is 6.15. The molecule has 0 aliphatic carbocycles. The molecule has 0 unspecified atom stereocenters. The van der Waals surface area contributed by atoms with Crippen LogP contribution in [0.2, 0.25) is 0 Å². The smallest absolute Gasteiger partial charge is 0.294 e. The highest BCUT2D eigenvalue weighted by atomic mass is 15.0. The van der Waals surface area contributed by atoms with Crippen LogP contribution in [-0.2, 0) is 0 Å². The minimum Gasteiger partial charge on any atom is -0.370 e. The lowest BCUT2D eigenvalue weighted by Gasteiger charge is -2.10. The Bertz CT molecular complexity index is 2600. The maximum Gasteiger partial charge on any atom is 0.294 e. The van der Waals surface area contributed by atoms with Crippen LogP contribution in [-0.4, -0.2) is 19.1 Å². The van der Waals surface area contributed by atoms with E-state index in [0.717, 1.165) is 66.1 Å². The first-order valence-corrected chi connectivity index (χ1v) is 15.6. The molecule has 6 aromatic carbocycles. The fourth-order valence-corrected chi connectivity index (χ4v) is 6.92. The van der Waals surface area contributed by atoms with Gasteiger partial charge in [-0.3, -0.25) is 0 Å². The van der Waals surface area contributed by atoms with Gasteiger partial charge in [-0.2, -0.15) is 0 Å². The number of hydrogen-bond acceptors (Lipinski definition) is 2. The maximum absolute atomic E-state index is 7.84. The van der Waals surface area contributed by atoms with Gasteiger partial charge in [0.2, 0.25) is 11.4 Å². The molecule has 0 saturated carbocycles. The van der Waals surface area contributed by atoms with Gasteiger partial charge >= 0.3 is 0 Å². The van der Waals surface area contributed by atoms with Gasteiger partial charge in [-0.25, -0.2) is 0 Å². The van der Waals surface area contributed by atoms with E-state index in [1.807, 2.05) is 48.5 Å². The van der Waals surface area contributed by atoms with Crippen LogP contribution in [0, 0.1) is 13.1 Å². The number of aromatic nitrogens is 4. The van der Waals surface area contributed by atoms with E-state index in [2.05, 4.69) is 116 Å². The second kappa shape index (κ2) is 10.8. The van der Waals surface area contributed by atoms with E-state index < -0.39 is 0 Å². The standard InChI is InChI=1S/C42H24N6/c1-43-41-42(44-2)46-40(28-22-24-34-32-18-10-12-20-36(32)48(38(34)26-28)30-15-7-4-8-16-30)39(45-41)27-21-23-33-31-17-9-11-19-35(31)47(37(33)25-27)29-13-5-3-6-14-29/h3-26H. The van der Waals surface area contributed by atoms with Crippen molar-refractivity contribution < 1.29 is 0 Å². The summed E-state index contributed by atoms with van der Waals surface area (Å²) in [7, 11) is 0. The third kappa shape index (κ3) is 4.11. The summed E-state index contributed by atoms with van der Waals surface area (Å²) in [6, 6.07) is 50.0. The average molecular weight is 613 g/mol. The van der Waals surface area contributed by atoms with Gasteiger partial charge in [0.15, 0.2) is 0 Å². The Morgan fingerprint density at radius 2 is 0.771 bits per heavy atom. The molecule has 9 rings (SSSR count). The molecule has 0 radical (unpaired) electrons. The summed E-state index contributed by atoms with van der Waals surface area (Å²) in [5.41, 5.74) is 9.09. The van der Waals surface area contributed by atoms with Crippen molar-refractivity contribution in [3.63, 3.8) is 0 Å². The number of hydrogen-bond donors (Lipinski definition) is 0. The van der Waals surface area contributed by atoms with Crippen LogP contribution in [0.1, 0.15) is 0 Å². The van der Waals surface area contributed by atoms with E-state index in [1.165, 1.54) is 0 Å². The van der Waals surface area contributed by atoms with E-state index in [0.29, 0.717) is 11.4 Å². The van der Waals surface area contributed by atoms with Crippen molar-refractivity contribution in [2.45, 2.75) is 0 Å². The fourth-order valence-electron chi connectivity index (χ4n) is 6.92. The van der Waals surface area contributed by atoms with E-state index in [-0.39, 0.29) is 11.6 Å². The summed E-state index contributed by atoms with van der Waals surface area (Å²) in [4.78, 5) is 16.9. The molecular formula is C42H24N6. The van der Waals surface area contributed by atoms with Crippen LogP contribution < -0.4 is 0 Å². The van der Waals surface area contributed by atoms with E-state index in [4.69, 9.17) is 23.1 Å². The van der Waals surface area contributed by atoms with Gasteiger partial charge in [-0.1, -0.05) is 98.1 Å². The van der Waals surface area contributed by atoms with Crippen molar-refractivity contribution >= 4 is 55.2 Å². The SMILES string of the molecule is [C-]#[N+]c1nc(-c2ccc3c4ccccc4n(-c4ccccc4)c3c2)c(-c2ccc3c4ccccc4n(-c4ccccc4)c3c2)nc1[N+]#[C-]. The summed E-state index contributed by atoms with van der Waals surface area (Å²) in [5, 5.41) is 4.53. The summed E-state index contributed by atoms with van der Waals surface area (Å²) in [6.45, 7) is 15.7. The Balaban J connectivity index is 1.33. The molecule has 6 heteroatoms. The highest BCUT2D eigenvalue weighted by molar-refractivity contribution is 6.12. The van der Waals surface area contributed by atoms with Crippen LogP contribution >= 0.6 is 0 Å². The molecule has 0 bridgehead atoms. The van der Waals surface area contributed by atoms with Crippen LogP contribution in [0.25, 0.3) is 87.2 Å². The first kappa shape index (κ1) is 27.3. The molecule has 0 atom stereocenters. The Labute approximate surface area is 276 Å². The van der Waals surface area contributed by atoms with Crippen molar-refractivity contribution in [3.05, 3.63) is 168 Å². The largest absolute Gasteiger partial charge is 0.370 e. The van der Waals surface area contributed by atoms with Gasteiger partial charge in [0.05, 0.1) is 22.1 Å². The highest BCUT2D eigenvalue weighted by Gasteiger charge is 2.25. The van der Waals surface area contributed by atoms with Crippen molar-refractivity contribution in [1.29, 1.82) is 0 Å². The van der Waals surface area contributed by atoms with E-state index in [9.17, 15) is 0 Å². The zero-order chi connectivity index (χ0) is 32.2. The van der Waals surface area contributed by atoms with Gasteiger partial charge in [0.1, 0.15) is 0 Å². The van der Waals surface area contributed by atoms with Crippen LogP contribution in [0.5, 0.6) is 0 Å². The number of para-hydroxylation sites is 4. The van der Waals surface area contributed by atoms with Crippen molar-refractivity contribution in [3.8, 4) is 33.9 Å². The molecule has 0 spiro atoms. The van der Waals surface area contributed by atoms with Crippen molar-refractivity contribution in [2.24, 2.45) is 0 Å². The van der Waals surface area contributed by atoms with Crippen LogP contribution in [0.15, 0.2) is 146 Å². The van der Waals surface area contributed by atoms with Gasteiger partial charge in [-0.05, 0) is 60.7 Å². The summed E-state index contributed by atoms with van der Waals surface area (Å²) >= 11 is 0. The molecule has 48 heavy (non-hydrogen) atoms. The Hall–Kier alpha value is -7.02. The molecule has 0 amide bonds. The van der Waals surface area contributed by atoms with Crippen LogP contribution in [0.4, 0.5) is 11.6 Å². The molecule has 3 heterocycles. The average Bonchev–Trinajstić information content (AvgIpc) is 3.67. The lowest BCUT2D eigenvalue weighted by Crippen LogP contribution is -1.97. The van der Waals surface area contributed by atoms with E-state index in [1.54, 1.807) is 0 Å². The lowest BCUT2D eigenvalue weighted by molar-refractivity contribution is 1.18. The Morgan fingerprint density at radius 1 is 0.396 bits per heavy atom. The summed E-state index contributed by atoms with van der Waals surface area (Å²) < 4.78 is 4.52. The number of rotatable bonds is 4. The van der Waals surface area contributed by atoms with Gasteiger partial charge in [0.25, 0.3) is 11.6 Å². The Morgan fingerprint density at radius 3 is 1.19 bits per heavy atom. The third-order valence-corrected chi connectivity index (χ3v) is 8.99. The molecule has 0 fully saturated rings. The number of benzene rings is 6. The summed E-state index contributed by atoms with van der Waals surface area (Å²) in [6.07, 6.45) is 0. The lowest BCUT2D eigenvalue weighted by atomic mass is 10.0. The third-order valence-electron chi connectivity index (χ3n) is 8.99. The molecule has 0 aliphatic rings. The zero-order valence-corrected chi connectivity index (χ0v) is 25.5. The molecule has 222 valence electrons. The minimum atomic E-state index is -0.00747. The molecule has 3 aromatic heterocycles. The fraction of sp³-hybridized carbons (Fsp3) is 0. The predicted octanol–water partition coefficient (Wildman–Crippen LogP) is 11.1. The number of nitrogens with zero attached hydrogens (tertiary/aromatic N) is 6. The molecular weight excluding hydrogens is 589 g/mol. The molecule has 0 aliphatic heterocycles. The molecule has 0 saturated heterocycles. The normalized spacial score (nSPS) is 11.3. The maximum atomic E-state index is 7.84. The quantitative estimate of drug-likeness (QED) is 0.186. The zero-order valence-electron chi connectivity index (χ0n) is 25.5. The molecule has 0 N–H and O–H groups in total. The second-order valence-electron chi connectivity index (χ2n) is 11.6. The van der Waals surface area contributed by atoms with Gasteiger partial charge < -0.3 is 18.8 Å². The molecule has 6 nitrogen and oxygen atoms in total. The van der Waals surface area contributed by atoms with Crippen molar-refractivity contribution in [2.75, 3.05) is 0 Å². The minimum absolute atomic E-state index is 0.00747. The monoisotopic (exact) mass is 612 g/mol. The topological polar surface area (TPSA) is 44.4 Å². The van der Waals surface area contributed by atoms with Gasteiger partial charge in [0, 0.05) is 44.0 Å². The first-order valence-electron chi connectivity index (χ1n) is 15.6. The highest BCUT2D eigenvalue weighted by Crippen LogP contribution is 2.41. The first-order chi connectivity index (χ1) is 23.7. The molecule has 9 aromatic rings. The van der Waals surface area contributed by atoms with E-state index >= 15 is 0 Å². The predicted molar refractivity (Wildman–Crippen MR) is 194 cm³/mol. The van der Waals surface area contributed by atoms with Crippen molar-refractivity contribution in [1.82, 2.24) is 19.1 Å².